The van der Waals surface area contributed by atoms with Gasteiger partial charge in [-0.05, 0) is 77.8 Å². The van der Waals surface area contributed by atoms with Gasteiger partial charge in [0.1, 0.15) is 51.5 Å². The number of methoxy groups -OCH3 is 1. The lowest BCUT2D eigenvalue weighted by Crippen LogP contribution is -2.58. The highest BCUT2D eigenvalue weighted by molar-refractivity contribution is 7.91. The molecule has 2 aromatic heterocycles. The van der Waals surface area contributed by atoms with Crippen LogP contribution in [0.25, 0.3) is 21.6 Å². The Morgan fingerprint density at radius 1 is 1.11 bits per heavy atom. The number of fused-ring (bicyclic) bond motifs is 3. The van der Waals surface area contributed by atoms with Gasteiger partial charge in [-0.3, -0.25) is 28.7 Å². The van der Waals surface area contributed by atoms with Crippen molar-refractivity contribution >= 4 is 61.9 Å². The van der Waals surface area contributed by atoms with E-state index in [0.717, 1.165) is 11.3 Å². The Bertz CT molecular complexity index is 2390. The topological polar surface area (TPSA) is 212 Å². The third kappa shape index (κ3) is 9.69. The zero-order valence-electron chi connectivity index (χ0n) is 35.5. The van der Waals surface area contributed by atoms with E-state index in [1.165, 1.54) is 16.2 Å². The van der Waals surface area contributed by atoms with Crippen LogP contribution in [0, 0.1) is 12.8 Å². The van der Waals surface area contributed by atoms with E-state index in [1.807, 2.05) is 18.4 Å². The third-order valence-electron chi connectivity index (χ3n) is 11.4. The summed E-state index contributed by atoms with van der Waals surface area (Å²) in [4.78, 5) is 80.8. The smallest absolute Gasteiger partial charge is 0.308 e. The molecule has 0 radical (unpaired) electrons. The lowest BCUT2D eigenvalue weighted by atomic mass is 10.1. The Kier molecular flexibility index (Phi) is 12.2. The highest BCUT2D eigenvalue weighted by atomic mass is 32.2. The number of ether oxygens (including phenoxy) is 3. The first-order valence-electron chi connectivity index (χ1n) is 20.8. The lowest BCUT2D eigenvalue weighted by molar-refractivity contribution is -0.157. The molecule has 1 saturated heterocycles. The van der Waals surface area contributed by atoms with Gasteiger partial charge in [0.2, 0.25) is 27.7 Å². The van der Waals surface area contributed by atoms with Crippen LogP contribution in [0.4, 0.5) is 0 Å². The molecule has 0 spiro atoms. The predicted molar refractivity (Wildman–Crippen MR) is 227 cm³/mol. The Morgan fingerprint density at radius 2 is 1.87 bits per heavy atom. The van der Waals surface area contributed by atoms with Crippen molar-refractivity contribution in [3.05, 3.63) is 47.0 Å². The number of hydrogen-bond acceptors (Lipinski definition) is 13. The van der Waals surface area contributed by atoms with Gasteiger partial charge < -0.3 is 29.7 Å². The van der Waals surface area contributed by atoms with Gasteiger partial charge in [-0.15, -0.1) is 11.3 Å². The number of pyridine rings is 1. The van der Waals surface area contributed by atoms with Crippen LogP contribution in [0.1, 0.15) is 103 Å². The Labute approximate surface area is 359 Å². The molecule has 7 rings (SSSR count). The van der Waals surface area contributed by atoms with Gasteiger partial charge in [-0.2, -0.15) is 0 Å². The van der Waals surface area contributed by atoms with Crippen molar-refractivity contribution in [1.82, 2.24) is 30.2 Å². The second-order valence-electron chi connectivity index (χ2n) is 17.7. The largest absolute Gasteiger partial charge is 0.496 e. The number of carbonyl (C=O) groups is 5. The molecule has 0 unspecified atom stereocenters. The van der Waals surface area contributed by atoms with Crippen LogP contribution >= 0.6 is 11.3 Å². The molecule has 328 valence electrons. The van der Waals surface area contributed by atoms with Gasteiger partial charge >= 0.3 is 5.97 Å². The molecule has 2 saturated carbocycles. The highest BCUT2D eigenvalue weighted by Crippen LogP contribution is 2.46. The second-order valence-corrected chi connectivity index (χ2v) is 20.5. The summed E-state index contributed by atoms with van der Waals surface area (Å²) in [5.74, 6) is -2.78. The van der Waals surface area contributed by atoms with E-state index in [4.69, 9.17) is 24.2 Å². The van der Waals surface area contributed by atoms with E-state index < -0.39 is 86.5 Å². The molecule has 0 bridgehead atoms. The second kappa shape index (κ2) is 17.0. The molecule has 2 aliphatic carbocycles. The maximum atomic E-state index is 14.7. The van der Waals surface area contributed by atoms with Crippen LogP contribution in [0.15, 0.2) is 35.7 Å². The van der Waals surface area contributed by atoms with E-state index in [1.54, 1.807) is 52.2 Å². The minimum absolute atomic E-state index is 0.0319. The quantitative estimate of drug-likeness (QED) is 0.189. The Morgan fingerprint density at radius 3 is 2.54 bits per heavy atom. The Balaban J connectivity index is 1.26. The number of benzene rings is 1. The van der Waals surface area contributed by atoms with Gasteiger partial charge in [0.05, 0.1) is 36.5 Å². The summed E-state index contributed by atoms with van der Waals surface area (Å²) in [6.45, 7) is 10.9. The number of hydrogen-bond donors (Lipinski definition) is 3. The number of amides is 4. The van der Waals surface area contributed by atoms with Gasteiger partial charge in [0.15, 0.2) is 0 Å². The molecule has 4 amide bonds. The number of thiazole rings is 1. The average molecular weight is 879 g/mol. The summed E-state index contributed by atoms with van der Waals surface area (Å²) in [6, 6.07) is 2.76. The molecular formula is C43H54N6O10S2. The first-order chi connectivity index (χ1) is 28.8. The predicted octanol–water partition coefficient (Wildman–Crippen LogP) is 4.59. The van der Waals surface area contributed by atoms with Crippen molar-refractivity contribution in [2.45, 2.75) is 133 Å². The normalized spacial score (nSPS) is 25.4. The molecule has 2 aliphatic heterocycles. The van der Waals surface area contributed by atoms with Crippen LogP contribution in [-0.4, -0.2) is 101 Å². The van der Waals surface area contributed by atoms with E-state index in [9.17, 15) is 32.4 Å². The number of allylic oxidation sites excluding steroid dienone is 1. The SMILES string of the molecule is COc1ccc2c(O[C@@H]3C[C@H]4C(=O)N[C@]5(C(=O)NS(=O)(=O)C6CC6)C[C@@H]5/C=C\CCCC(=O)N[C@@H](CC(=O)OC(C)(C)C)C(=O)N4C3)cc(-c3nc(C(C)C)cs3)nc2c1C. The zero-order valence-corrected chi connectivity index (χ0v) is 37.2. The van der Waals surface area contributed by atoms with Gasteiger partial charge in [-0.1, -0.05) is 26.0 Å². The molecule has 1 aromatic carbocycles. The van der Waals surface area contributed by atoms with Crippen molar-refractivity contribution in [2.24, 2.45) is 5.92 Å². The number of rotatable bonds is 10. The molecular weight excluding hydrogens is 825 g/mol. The minimum Gasteiger partial charge on any atom is -0.496 e. The van der Waals surface area contributed by atoms with Crippen LogP contribution in [0.3, 0.4) is 0 Å². The van der Waals surface area contributed by atoms with Crippen LogP contribution in [0.5, 0.6) is 11.5 Å². The maximum Gasteiger partial charge on any atom is 0.308 e. The number of nitrogens with zero attached hydrogens (tertiary/aromatic N) is 3. The molecule has 3 N–H and O–H groups in total. The summed E-state index contributed by atoms with van der Waals surface area (Å²) in [6.07, 6.45) is 4.05. The molecule has 16 nitrogen and oxygen atoms in total. The van der Waals surface area contributed by atoms with Gasteiger partial charge in [-0.25, -0.2) is 18.4 Å². The molecule has 4 heterocycles. The monoisotopic (exact) mass is 878 g/mol. The first kappa shape index (κ1) is 44.0. The van der Waals surface area contributed by atoms with Gasteiger partial charge in [0.25, 0.3) is 5.91 Å². The van der Waals surface area contributed by atoms with Crippen molar-refractivity contribution in [3.63, 3.8) is 0 Å². The van der Waals surface area contributed by atoms with E-state index in [2.05, 4.69) is 29.2 Å². The summed E-state index contributed by atoms with van der Waals surface area (Å²) in [7, 11) is -2.38. The minimum atomic E-state index is -3.96. The fourth-order valence-corrected chi connectivity index (χ4v) is 10.2. The fraction of sp³-hybridized carbons (Fsp3) is 0.558. The van der Waals surface area contributed by atoms with Crippen molar-refractivity contribution < 1.29 is 46.6 Å². The summed E-state index contributed by atoms with van der Waals surface area (Å²) < 4.78 is 46.0. The van der Waals surface area contributed by atoms with E-state index >= 15 is 0 Å². The zero-order chi connectivity index (χ0) is 44.0. The first-order valence-corrected chi connectivity index (χ1v) is 23.2. The Hall–Kier alpha value is -5.10. The summed E-state index contributed by atoms with van der Waals surface area (Å²) >= 11 is 1.45. The van der Waals surface area contributed by atoms with Crippen LogP contribution in [-0.2, 0) is 38.7 Å². The van der Waals surface area contributed by atoms with Crippen molar-refractivity contribution in [2.75, 3.05) is 13.7 Å². The number of aryl methyl sites for hydroxylation is 1. The number of nitrogens with one attached hydrogen (secondary N) is 3. The summed E-state index contributed by atoms with van der Waals surface area (Å²) in [5, 5.41) is 8.22. The number of esters is 1. The standard InChI is InChI=1S/C43H54N6O10S2/c1-23(2)31-22-60-39(46-31)29-18-34(28-15-16-33(57-7)24(3)37(28)45-29)58-26-17-32-38(52)47-43(41(54)48-61(55,56)27-13-14-27)20-25(43)11-9-8-10-12-35(50)44-30(40(53)49(32)21-26)19-36(51)59-42(4,5)6/h9,11,15-16,18,22-23,25-27,30,32H,8,10,12-14,17,19-21H2,1-7H3,(H,44,50)(H,47,52)(H,48,54)/b11-9-/t25-,26+,30-,32-,43+/m0/s1. The molecule has 5 atom stereocenters. The molecule has 4 aliphatic rings. The van der Waals surface area contributed by atoms with E-state index in [-0.39, 0.29) is 31.7 Å². The van der Waals surface area contributed by atoms with Crippen LogP contribution < -0.4 is 24.8 Å². The number of aromatic nitrogens is 2. The highest BCUT2D eigenvalue weighted by Gasteiger charge is 2.62. The van der Waals surface area contributed by atoms with Crippen molar-refractivity contribution in [3.8, 4) is 22.2 Å². The molecule has 3 fully saturated rings. The third-order valence-corrected chi connectivity index (χ3v) is 14.1. The molecule has 3 aromatic rings. The van der Waals surface area contributed by atoms with Gasteiger partial charge in [0, 0.05) is 41.2 Å². The van der Waals surface area contributed by atoms with E-state index in [0.29, 0.717) is 58.8 Å². The number of sulfonamides is 1. The maximum absolute atomic E-state index is 14.7. The van der Waals surface area contributed by atoms with Crippen LogP contribution in [0.2, 0.25) is 0 Å². The molecule has 18 heteroatoms. The number of carbonyl (C=O) groups excluding carboxylic acids is 5. The summed E-state index contributed by atoms with van der Waals surface area (Å²) in [5.41, 5.74) is 0.369. The van der Waals surface area contributed by atoms with Crippen molar-refractivity contribution in [1.29, 1.82) is 0 Å². The lowest BCUT2D eigenvalue weighted by Gasteiger charge is -2.30. The molecule has 61 heavy (non-hydrogen) atoms. The average Bonchev–Trinajstić information content (AvgIpc) is 4.06. The fourth-order valence-electron chi connectivity index (χ4n) is 7.86.